The van der Waals surface area contributed by atoms with Gasteiger partial charge in [-0.05, 0) is 105 Å². The van der Waals surface area contributed by atoms with Gasteiger partial charge in [-0.2, -0.15) is 0 Å². The number of hydrogen-bond donors (Lipinski definition) is 5. The van der Waals surface area contributed by atoms with E-state index in [0.717, 1.165) is 36.1 Å². The highest BCUT2D eigenvalue weighted by molar-refractivity contribution is 7.15. The lowest BCUT2D eigenvalue weighted by molar-refractivity contribution is -0.141. The Morgan fingerprint density at radius 1 is 0.778 bits per heavy atom. The SMILES string of the molecule is C[C@H](NC(=O)[C@H]1C[C@H](c2ccccc2)CN1C(=O)OC(C)(C)C)C(=O)NCC1CCc2nc(N)sc2C1.C[C@H](NC(=O)[C@H]1C[C@H](c2ccccc2)CN1C(=O)OC(C)(C)C)C(=O)O. The number of aliphatic carboxylic acids is 1. The molecule has 7 atom stereocenters. The summed E-state index contributed by atoms with van der Waals surface area (Å²) >= 11 is 1.52. The van der Waals surface area contributed by atoms with E-state index >= 15 is 0 Å². The van der Waals surface area contributed by atoms with Crippen LogP contribution in [0.4, 0.5) is 14.7 Å². The van der Waals surface area contributed by atoms with Gasteiger partial charge in [-0.25, -0.2) is 14.6 Å². The van der Waals surface area contributed by atoms with E-state index in [2.05, 4.69) is 20.9 Å². The number of nitrogens with two attached hydrogens (primary N) is 1. The van der Waals surface area contributed by atoms with Crippen LogP contribution in [0.1, 0.15) is 108 Å². The van der Waals surface area contributed by atoms with Crippen molar-refractivity contribution in [3.05, 3.63) is 82.4 Å². The number of carbonyl (C=O) groups is 6. The number of fused-ring (bicyclic) bond motifs is 1. The first-order valence-corrected chi connectivity index (χ1v) is 22.3. The first-order valence-electron chi connectivity index (χ1n) is 21.5. The van der Waals surface area contributed by atoms with Crippen LogP contribution in [0.2, 0.25) is 0 Å². The van der Waals surface area contributed by atoms with E-state index in [1.807, 2.05) is 60.7 Å². The van der Waals surface area contributed by atoms with E-state index in [-0.39, 0.29) is 23.7 Å². The van der Waals surface area contributed by atoms with Gasteiger partial charge in [0.1, 0.15) is 35.4 Å². The second-order valence-corrected chi connectivity index (χ2v) is 19.7. The predicted molar refractivity (Wildman–Crippen MR) is 239 cm³/mol. The molecule has 1 aliphatic carbocycles. The highest BCUT2D eigenvalue weighted by Gasteiger charge is 2.44. The van der Waals surface area contributed by atoms with Crippen molar-refractivity contribution in [1.29, 1.82) is 0 Å². The van der Waals surface area contributed by atoms with Crippen molar-refractivity contribution in [3.8, 4) is 0 Å². The third kappa shape index (κ3) is 13.6. The molecule has 3 aliphatic rings. The average Bonchev–Trinajstić information content (AvgIpc) is 3.96. The summed E-state index contributed by atoms with van der Waals surface area (Å²) < 4.78 is 11.0. The van der Waals surface area contributed by atoms with Gasteiger partial charge in [0.25, 0.3) is 0 Å². The molecule has 6 N–H and O–H groups in total. The summed E-state index contributed by atoms with van der Waals surface area (Å²) in [5.74, 6) is -1.91. The third-order valence-electron chi connectivity index (χ3n) is 11.1. The van der Waals surface area contributed by atoms with Gasteiger partial charge in [0, 0.05) is 36.3 Å². The molecule has 2 fully saturated rings. The maximum atomic E-state index is 13.3. The molecule has 6 rings (SSSR count). The van der Waals surface area contributed by atoms with E-state index in [9.17, 15) is 28.8 Å². The molecule has 63 heavy (non-hydrogen) atoms. The van der Waals surface area contributed by atoms with E-state index in [1.165, 1.54) is 32.9 Å². The molecule has 1 unspecified atom stereocenters. The van der Waals surface area contributed by atoms with Crippen molar-refractivity contribution in [2.75, 3.05) is 25.4 Å². The van der Waals surface area contributed by atoms with Crippen LogP contribution in [0.15, 0.2) is 60.7 Å². The van der Waals surface area contributed by atoms with Gasteiger partial charge < -0.3 is 36.3 Å². The number of anilines is 1. The standard InChI is InChI=1S/C27H37N5O4S.C19H26N2O5/c1-16(23(33)29-14-17-10-11-20-22(12-17)37-25(28)31-20)30-24(34)21-13-19(18-8-6-5-7-9-18)15-32(21)26(35)36-27(2,3)4;1-12(17(23)24)20-16(22)15-10-14(13-8-6-5-7-9-13)11-21(15)18(25)26-19(2,3)4/h5-9,16-17,19,21H,10-15H2,1-4H3,(H2,28,31)(H,29,33)(H,30,34);5-9,12,14-15H,10-11H2,1-4H3,(H,20,22)(H,23,24)/t16-,17?,19-,21+;12-,14-,15+/m00/s1. The molecule has 2 aliphatic heterocycles. The van der Waals surface area contributed by atoms with E-state index in [0.29, 0.717) is 43.5 Å². The van der Waals surface area contributed by atoms with Crippen LogP contribution in [-0.2, 0) is 41.5 Å². The van der Waals surface area contributed by atoms with Crippen LogP contribution in [0, 0.1) is 5.92 Å². The molecule has 0 bridgehead atoms. The Bertz CT molecular complexity index is 2090. The van der Waals surface area contributed by atoms with Gasteiger partial charge in [0.2, 0.25) is 17.7 Å². The summed E-state index contributed by atoms with van der Waals surface area (Å²) in [6.45, 7) is 15.0. The number of aryl methyl sites for hydroxylation is 1. The Morgan fingerprint density at radius 2 is 1.24 bits per heavy atom. The van der Waals surface area contributed by atoms with Gasteiger partial charge in [0.05, 0.1) is 5.69 Å². The van der Waals surface area contributed by atoms with Crippen LogP contribution < -0.4 is 21.7 Å². The Hall–Kier alpha value is -5.71. The zero-order valence-electron chi connectivity index (χ0n) is 37.5. The summed E-state index contributed by atoms with van der Waals surface area (Å²) in [6, 6.07) is 16.2. The maximum absolute atomic E-state index is 13.3. The Balaban J connectivity index is 0.000000253. The van der Waals surface area contributed by atoms with E-state index in [1.54, 1.807) is 48.5 Å². The van der Waals surface area contributed by atoms with E-state index < -0.39 is 59.4 Å². The number of aromatic nitrogens is 1. The molecule has 2 aromatic carbocycles. The number of thiazole rings is 1. The van der Waals surface area contributed by atoms with E-state index in [4.69, 9.17) is 20.3 Å². The van der Waals surface area contributed by atoms with Crippen LogP contribution in [0.3, 0.4) is 0 Å². The molecule has 3 heterocycles. The zero-order chi connectivity index (χ0) is 46.2. The van der Waals surface area contributed by atoms with Crippen LogP contribution in [0.25, 0.3) is 0 Å². The minimum Gasteiger partial charge on any atom is -0.480 e. The third-order valence-corrected chi connectivity index (χ3v) is 12.1. The van der Waals surface area contributed by atoms with Crippen LogP contribution in [0.5, 0.6) is 0 Å². The lowest BCUT2D eigenvalue weighted by Crippen LogP contribution is -2.53. The number of amides is 5. The van der Waals surface area contributed by atoms with Gasteiger partial charge in [-0.1, -0.05) is 60.7 Å². The molecule has 2 saturated heterocycles. The molecule has 342 valence electrons. The largest absolute Gasteiger partial charge is 0.480 e. The van der Waals surface area contributed by atoms with Crippen molar-refractivity contribution >= 4 is 52.3 Å². The number of likely N-dealkylation sites (tertiary alicyclic amines) is 2. The number of hydrogen-bond acceptors (Lipinski definition) is 11. The number of nitrogens with one attached hydrogen (secondary N) is 3. The van der Waals surface area contributed by atoms with Crippen LogP contribution >= 0.6 is 11.3 Å². The van der Waals surface area contributed by atoms with Crippen molar-refractivity contribution < 1.29 is 43.3 Å². The van der Waals surface area contributed by atoms with Crippen molar-refractivity contribution in [2.45, 2.75) is 135 Å². The van der Waals surface area contributed by atoms with Crippen molar-refractivity contribution in [3.63, 3.8) is 0 Å². The molecule has 5 amide bonds. The first kappa shape index (κ1) is 48.3. The molecule has 0 saturated carbocycles. The number of benzene rings is 2. The summed E-state index contributed by atoms with van der Waals surface area (Å²) in [4.78, 5) is 83.7. The van der Waals surface area contributed by atoms with Gasteiger partial charge in [-0.3, -0.25) is 29.0 Å². The summed E-state index contributed by atoms with van der Waals surface area (Å²) in [5.41, 5.74) is 7.64. The number of carbonyl (C=O) groups excluding carboxylic acids is 5. The normalized spacial score (nSPS) is 21.7. The lowest BCUT2D eigenvalue weighted by Gasteiger charge is -2.28. The second kappa shape index (κ2) is 20.6. The molecular weight excluding hydrogens is 827 g/mol. The summed E-state index contributed by atoms with van der Waals surface area (Å²) in [5, 5.41) is 17.9. The van der Waals surface area contributed by atoms with Gasteiger partial charge in [0.15, 0.2) is 5.13 Å². The molecule has 0 spiro atoms. The molecule has 3 aromatic rings. The Kier molecular flexibility index (Phi) is 15.8. The Morgan fingerprint density at radius 3 is 1.68 bits per heavy atom. The molecule has 17 heteroatoms. The topological polar surface area (TPSA) is 223 Å². The fourth-order valence-corrected chi connectivity index (χ4v) is 8.92. The number of ether oxygens (including phenoxy) is 2. The minimum atomic E-state index is -1.13. The zero-order valence-corrected chi connectivity index (χ0v) is 38.3. The fourth-order valence-electron chi connectivity index (χ4n) is 7.93. The van der Waals surface area contributed by atoms with Crippen molar-refractivity contribution in [1.82, 2.24) is 30.7 Å². The quantitative estimate of drug-likeness (QED) is 0.168. The summed E-state index contributed by atoms with van der Waals surface area (Å²) in [7, 11) is 0. The number of nitrogens with zero attached hydrogens (tertiary/aromatic N) is 3. The number of rotatable bonds is 10. The number of carboxylic acids is 1. The van der Waals surface area contributed by atoms with Gasteiger partial charge in [-0.15, -0.1) is 11.3 Å². The number of nitrogen functional groups attached to an aromatic ring is 1. The average molecular weight is 890 g/mol. The van der Waals surface area contributed by atoms with Gasteiger partial charge >= 0.3 is 18.2 Å². The molecule has 0 radical (unpaired) electrons. The predicted octanol–water partition coefficient (Wildman–Crippen LogP) is 5.61. The summed E-state index contributed by atoms with van der Waals surface area (Å²) in [6.07, 6.45) is 2.43. The monoisotopic (exact) mass is 889 g/mol. The first-order chi connectivity index (χ1) is 29.6. The molecular formula is C46H63N7O9S. The number of carboxylic acid groups (broad SMARTS) is 1. The maximum Gasteiger partial charge on any atom is 0.410 e. The molecule has 1 aromatic heterocycles. The van der Waals surface area contributed by atoms with Crippen molar-refractivity contribution in [2.24, 2.45) is 5.92 Å². The second-order valence-electron chi connectivity index (χ2n) is 18.6. The molecule has 16 nitrogen and oxygen atoms in total. The minimum absolute atomic E-state index is 0.00516. The van der Waals surface area contributed by atoms with Crippen LogP contribution in [-0.4, -0.2) is 111 Å². The fraction of sp³-hybridized carbons (Fsp3) is 0.543. The Labute approximate surface area is 373 Å². The highest BCUT2D eigenvalue weighted by Crippen LogP contribution is 2.35. The smallest absolute Gasteiger partial charge is 0.410 e. The lowest BCUT2D eigenvalue weighted by atomic mass is 9.91. The highest BCUT2D eigenvalue weighted by atomic mass is 32.1.